The number of amides is 2. The Morgan fingerprint density at radius 1 is 1.10 bits per heavy atom. The van der Waals surface area contributed by atoms with Crippen molar-refractivity contribution < 1.29 is 18.7 Å². The summed E-state index contributed by atoms with van der Waals surface area (Å²) in [5.41, 5.74) is 0.836. The van der Waals surface area contributed by atoms with Crippen molar-refractivity contribution in [2.75, 3.05) is 0 Å². The Kier molecular flexibility index (Phi) is 6.03. The maximum atomic E-state index is 14.2. The molecular weight excluding hydrogens is 437 g/mol. The molecule has 0 aliphatic carbocycles. The van der Waals surface area contributed by atoms with Gasteiger partial charge in [-0.2, -0.15) is 0 Å². The first kappa shape index (κ1) is 21.4. The van der Waals surface area contributed by atoms with E-state index in [9.17, 15) is 14.0 Å². The topological polar surface area (TPSA) is 46.6 Å². The highest BCUT2D eigenvalue weighted by Crippen LogP contribution is 2.38. The van der Waals surface area contributed by atoms with Gasteiger partial charge in [0.05, 0.1) is 17.6 Å². The van der Waals surface area contributed by atoms with Crippen molar-refractivity contribution in [1.29, 1.82) is 0 Å². The Balaban J connectivity index is 1.74. The van der Waals surface area contributed by atoms with Crippen LogP contribution in [0.2, 0.25) is 5.02 Å². The number of carbonyl (C=O) groups excluding carboxylic acids is 2. The van der Waals surface area contributed by atoms with Crippen molar-refractivity contribution in [3.05, 3.63) is 81.5 Å². The fourth-order valence-corrected chi connectivity index (χ4v) is 4.43. The largest absolute Gasteiger partial charge is 0.490 e. The van der Waals surface area contributed by atoms with Gasteiger partial charge < -0.3 is 4.74 Å². The van der Waals surface area contributed by atoms with Gasteiger partial charge in [0.15, 0.2) is 0 Å². The lowest BCUT2D eigenvalue weighted by Crippen LogP contribution is -2.28. The number of benzene rings is 3. The van der Waals surface area contributed by atoms with Crippen molar-refractivity contribution >= 4 is 51.4 Å². The molecule has 0 N–H and O–H groups in total. The molecule has 1 heterocycles. The van der Waals surface area contributed by atoms with Crippen LogP contribution in [-0.4, -0.2) is 22.2 Å². The fourth-order valence-electron chi connectivity index (χ4n) is 3.39. The minimum atomic E-state index is -0.558. The van der Waals surface area contributed by atoms with Crippen LogP contribution in [0.4, 0.5) is 9.18 Å². The summed E-state index contributed by atoms with van der Waals surface area (Å²) in [6.07, 6.45) is 1.61. The summed E-state index contributed by atoms with van der Waals surface area (Å²) < 4.78 is 20.1. The second kappa shape index (κ2) is 8.73. The Bertz CT molecular complexity index is 1200. The molecule has 158 valence electrons. The van der Waals surface area contributed by atoms with E-state index in [0.29, 0.717) is 5.75 Å². The summed E-state index contributed by atoms with van der Waals surface area (Å²) in [5, 5.41) is 1.60. The number of ether oxygens (including phenoxy) is 1. The van der Waals surface area contributed by atoms with Crippen molar-refractivity contribution in [2.24, 2.45) is 0 Å². The van der Waals surface area contributed by atoms with Gasteiger partial charge in [-0.1, -0.05) is 48.0 Å². The average Bonchev–Trinajstić information content (AvgIpc) is 2.99. The summed E-state index contributed by atoms with van der Waals surface area (Å²) in [6.45, 7) is 3.62. The maximum Gasteiger partial charge on any atom is 0.293 e. The smallest absolute Gasteiger partial charge is 0.293 e. The third-order valence-corrected chi connectivity index (χ3v) is 6.08. The van der Waals surface area contributed by atoms with E-state index in [4.69, 9.17) is 16.3 Å². The molecule has 1 fully saturated rings. The van der Waals surface area contributed by atoms with Gasteiger partial charge in [0, 0.05) is 16.1 Å². The van der Waals surface area contributed by atoms with Crippen LogP contribution in [0.1, 0.15) is 25.0 Å². The first-order valence-corrected chi connectivity index (χ1v) is 10.9. The molecule has 3 aromatic rings. The van der Waals surface area contributed by atoms with E-state index in [1.54, 1.807) is 6.08 Å². The van der Waals surface area contributed by atoms with Gasteiger partial charge in [0.25, 0.3) is 11.1 Å². The maximum absolute atomic E-state index is 14.2. The summed E-state index contributed by atoms with van der Waals surface area (Å²) in [5.74, 6) is -0.424. The van der Waals surface area contributed by atoms with Crippen LogP contribution in [-0.2, 0) is 11.3 Å². The fraction of sp³-hybridized carbons (Fsp3) is 0.167. The highest BCUT2D eigenvalue weighted by molar-refractivity contribution is 8.18. The van der Waals surface area contributed by atoms with Crippen molar-refractivity contribution in [2.45, 2.75) is 26.5 Å². The number of hydrogen-bond acceptors (Lipinski definition) is 4. The number of carbonyl (C=O) groups is 2. The third-order valence-electron chi connectivity index (χ3n) is 4.82. The third kappa shape index (κ3) is 4.31. The first-order chi connectivity index (χ1) is 14.8. The zero-order valence-corrected chi connectivity index (χ0v) is 18.5. The molecule has 4 nitrogen and oxygen atoms in total. The summed E-state index contributed by atoms with van der Waals surface area (Å²) >= 11 is 6.90. The molecule has 1 saturated heterocycles. The molecule has 0 aromatic heterocycles. The minimum absolute atomic E-state index is 0.0634. The Labute approximate surface area is 188 Å². The zero-order chi connectivity index (χ0) is 22.1. The van der Waals surface area contributed by atoms with E-state index >= 15 is 0 Å². The van der Waals surface area contributed by atoms with E-state index in [1.807, 2.05) is 50.2 Å². The number of thioether (sulfide) groups is 1. The molecule has 7 heteroatoms. The van der Waals surface area contributed by atoms with Crippen molar-refractivity contribution in [3.63, 3.8) is 0 Å². The summed E-state index contributed by atoms with van der Waals surface area (Å²) in [4.78, 5) is 26.9. The van der Waals surface area contributed by atoms with E-state index in [2.05, 4.69) is 0 Å². The summed E-state index contributed by atoms with van der Waals surface area (Å²) in [7, 11) is 0. The van der Waals surface area contributed by atoms with Crippen LogP contribution < -0.4 is 4.74 Å². The molecule has 0 radical (unpaired) electrons. The van der Waals surface area contributed by atoms with Crippen LogP contribution in [0.3, 0.4) is 0 Å². The van der Waals surface area contributed by atoms with Gasteiger partial charge in [-0.05, 0) is 60.7 Å². The molecule has 0 unspecified atom stereocenters. The molecule has 1 aliphatic rings. The van der Waals surface area contributed by atoms with E-state index in [-0.39, 0.29) is 28.1 Å². The van der Waals surface area contributed by atoms with Crippen LogP contribution in [0.5, 0.6) is 5.75 Å². The van der Waals surface area contributed by atoms with E-state index < -0.39 is 17.0 Å². The molecule has 0 bridgehead atoms. The van der Waals surface area contributed by atoms with E-state index in [0.717, 1.165) is 33.0 Å². The average molecular weight is 456 g/mol. The second-order valence-electron chi connectivity index (χ2n) is 7.33. The summed E-state index contributed by atoms with van der Waals surface area (Å²) in [6, 6.07) is 15.8. The number of nitrogens with zero attached hydrogens (tertiary/aromatic N) is 1. The van der Waals surface area contributed by atoms with Crippen molar-refractivity contribution in [1.82, 2.24) is 4.90 Å². The number of halogens is 2. The second-order valence-corrected chi connectivity index (χ2v) is 8.73. The van der Waals surface area contributed by atoms with Gasteiger partial charge in [-0.3, -0.25) is 14.5 Å². The van der Waals surface area contributed by atoms with Gasteiger partial charge in [0.1, 0.15) is 11.6 Å². The standard InChI is InChI=1S/C24H19ClFNO3S/c1-14(2)30-21-11-10-15-6-3-4-7-16(15)17(21)12-22-23(28)27(24(29)31-22)13-18-19(25)8-5-9-20(18)26/h3-12,14H,13H2,1-2H3/b22-12+. The first-order valence-electron chi connectivity index (χ1n) is 9.72. The number of rotatable bonds is 5. The monoisotopic (exact) mass is 455 g/mol. The number of fused-ring (bicyclic) bond motifs is 1. The molecule has 4 rings (SSSR count). The molecule has 1 aliphatic heterocycles. The van der Waals surface area contributed by atoms with Crippen LogP contribution in [0.25, 0.3) is 16.8 Å². The van der Waals surface area contributed by atoms with Gasteiger partial charge >= 0.3 is 0 Å². The van der Waals surface area contributed by atoms with Crippen molar-refractivity contribution in [3.8, 4) is 5.75 Å². The van der Waals surface area contributed by atoms with Gasteiger partial charge in [0.2, 0.25) is 0 Å². The predicted molar refractivity (Wildman–Crippen MR) is 123 cm³/mol. The molecule has 0 atom stereocenters. The lowest BCUT2D eigenvalue weighted by molar-refractivity contribution is -0.123. The lowest BCUT2D eigenvalue weighted by atomic mass is 10.0. The normalized spacial score (nSPS) is 15.5. The molecule has 0 saturated carbocycles. The molecule has 31 heavy (non-hydrogen) atoms. The molecule has 3 aromatic carbocycles. The highest BCUT2D eigenvalue weighted by atomic mass is 35.5. The molecule has 2 amide bonds. The Hall–Kier alpha value is -2.83. The molecular formula is C24H19ClFNO3S. The van der Waals surface area contributed by atoms with Crippen LogP contribution in [0.15, 0.2) is 59.5 Å². The highest BCUT2D eigenvalue weighted by Gasteiger charge is 2.36. The molecule has 0 spiro atoms. The lowest BCUT2D eigenvalue weighted by Gasteiger charge is -2.15. The zero-order valence-electron chi connectivity index (χ0n) is 16.9. The van der Waals surface area contributed by atoms with Crippen LogP contribution in [0, 0.1) is 5.82 Å². The number of hydrogen-bond donors (Lipinski definition) is 0. The quantitative estimate of drug-likeness (QED) is 0.404. The van der Waals surface area contributed by atoms with Gasteiger partial charge in [-0.25, -0.2) is 4.39 Å². The van der Waals surface area contributed by atoms with E-state index in [1.165, 1.54) is 18.2 Å². The van der Waals surface area contributed by atoms with Crippen LogP contribution >= 0.6 is 23.4 Å². The Morgan fingerprint density at radius 3 is 2.61 bits per heavy atom. The SMILES string of the molecule is CC(C)Oc1ccc2ccccc2c1/C=C1/SC(=O)N(Cc2c(F)cccc2Cl)C1=O. The minimum Gasteiger partial charge on any atom is -0.490 e. The Morgan fingerprint density at radius 2 is 1.87 bits per heavy atom. The number of imide groups is 1. The predicted octanol–water partition coefficient (Wildman–Crippen LogP) is 6.66. The van der Waals surface area contributed by atoms with Gasteiger partial charge in [-0.15, -0.1) is 0 Å².